The molecule has 55 heavy (non-hydrogen) atoms. The topological polar surface area (TPSA) is 8.17 Å². The minimum Gasteiger partial charge on any atom is -0.375 e. The highest BCUT2D eigenvalue weighted by molar-refractivity contribution is 7.21. The van der Waals surface area contributed by atoms with E-state index in [1.165, 1.54) is 98.7 Å². The zero-order chi connectivity index (χ0) is 37.0. The van der Waals surface area contributed by atoms with Gasteiger partial charge in [-0.15, -0.1) is 0 Å². The highest BCUT2D eigenvalue weighted by Crippen LogP contribution is 2.56. The Kier molecular flexibility index (Phi) is 6.00. The lowest BCUT2D eigenvalue weighted by Gasteiger charge is -2.50. The van der Waals surface area contributed by atoms with E-state index in [0.29, 0.717) is 0 Å². The first kappa shape index (κ1) is 31.5. The van der Waals surface area contributed by atoms with Crippen molar-refractivity contribution in [2.24, 2.45) is 0 Å². The van der Waals surface area contributed by atoms with E-state index in [2.05, 4.69) is 202 Å². The molecule has 0 bridgehead atoms. The lowest BCUT2D eigenvalue weighted by molar-refractivity contribution is 0.590. The van der Waals surface area contributed by atoms with Gasteiger partial charge in [0.1, 0.15) is 0 Å². The van der Waals surface area contributed by atoms with Gasteiger partial charge in [0.2, 0.25) is 0 Å². The molecule has 1 aromatic heterocycles. The summed E-state index contributed by atoms with van der Waals surface area (Å²) >= 11 is 0. The van der Waals surface area contributed by atoms with Crippen molar-refractivity contribution in [1.82, 2.24) is 4.48 Å². The van der Waals surface area contributed by atoms with Crippen LogP contribution in [0.2, 0.25) is 0 Å². The van der Waals surface area contributed by atoms with Gasteiger partial charge in [-0.3, -0.25) is 0 Å². The predicted molar refractivity (Wildman–Crippen MR) is 236 cm³/mol. The van der Waals surface area contributed by atoms with Gasteiger partial charge in [0.15, 0.2) is 8.07 Å². The molecule has 4 heterocycles. The monoisotopic (exact) mass is 720 g/mol. The van der Waals surface area contributed by atoms with Crippen LogP contribution in [0.5, 0.6) is 0 Å². The third kappa shape index (κ3) is 3.72. The normalized spacial score (nSPS) is 15.9. The number of rotatable bonds is 2. The Morgan fingerprint density at radius 3 is 1.96 bits per heavy atom. The molecule has 1 aliphatic carbocycles. The molecule has 0 fully saturated rings. The maximum absolute atomic E-state index is 2.81. The number of aromatic nitrogens is 1. The SMILES string of the molecule is CC(C)(C)c1cc2c3c(c1)N1c4ccccc4[Si](c4ccccc4)(c4ccccc4)c4cccc(c41)B3n1c3c(c4cccc-2c41)C(C)(C)c1ccccc1-3. The molecule has 0 amide bonds. The first-order valence-electron chi connectivity index (χ1n) is 19.8. The Morgan fingerprint density at radius 2 is 1.22 bits per heavy atom. The first-order valence-corrected chi connectivity index (χ1v) is 21.8. The van der Waals surface area contributed by atoms with Crippen molar-refractivity contribution in [3.8, 4) is 22.4 Å². The van der Waals surface area contributed by atoms with Gasteiger partial charge in [0, 0.05) is 50.2 Å². The van der Waals surface area contributed by atoms with Crippen molar-refractivity contribution in [3.05, 3.63) is 174 Å². The fourth-order valence-corrected chi connectivity index (χ4v) is 16.4. The number of benzene rings is 7. The largest absolute Gasteiger partial charge is 0.375 e. The summed E-state index contributed by atoms with van der Waals surface area (Å²) in [6.07, 6.45) is 0. The maximum Gasteiger partial charge on any atom is 0.333 e. The van der Waals surface area contributed by atoms with Crippen LogP contribution < -0.4 is 36.6 Å². The predicted octanol–water partition coefficient (Wildman–Crippen LogP) is 8.35. The molecule has 3 aliphatic heterocycles. The fourth-order valence-electron chi connectivity index (χ4n) is 11.3. The van der Waals surface area contributed by atoms with Gasteiger partial charge in [-0.25, -0.2) is 0 Å². The number of nitrogens with zero attached hydrogens (tertiary/aromatic N) is 2. The minimum atomic E-state index is -2.81. The Hall–Kier alpha value is -5.84. The average Bonchev–Trinajstić information content (AvgIpc) is 3.68. The second-order valence-electron chi connectivity index (χ2n) is 17.7. The van der Waals surface area contributed by atoms with E-state index >= 15 is 0 Å². The van der Waals surface area contributed by atoms with Crippen LogP contribution >= 0.6 is 0 Å². The van der Waals surface area contributed by atoms with Gasteiger partial charge in [-0.1, -0.05) is 180 Å². The minimum absolute atomic E-state index is 0.0110. The standard InChI is InChI=1S/C51H41BN2Si/c1-50(2,3)32-30-38-35-23-16-24-37-45-48(36-22-12-13-25-39(36)51(45,4)5)54(47(35)37)52-40-26-17-29-44-49(40)53(42(31-32)46(38)52)41-27-14-15-28-43(41)55(44,33-18-8-6-9-19-33)34-20-10-7-11-21-34/h6-31H,1-5H3. The molecule has 262 valence electrons. The second-order valence-corrected chi connectivity index (χ2v) is 21.4. The van der Waals surface area contributed by atoms with Crippen LogP contribution in [0.3, 0.4) is 0 Å². The Labute approximate surface area is 324 Å². The summed E-state index contributed by atoms with van der Waals surface area (Å²) in [5.41, 5.74) is 17.8. The van der Waals surface area contributed by atoms with Crippen LogP contribution in [-0.4, -0.2) is 19.4 Å². The van der Waals surface area contributed by atoms with Gasteiger partial charge >= 0.3 is 6.85 Å². The number of hydrogen-bond acceptors (Lipinski definition) is 1. The smallest absolute Gasteiger partial charge is 0.333 e. The lowest BCUT2D eigenvalue weighted by Crippen LogP contribution is -2.78. The van der Waals surface area contributed by atoms with Gasteiger partial charge in [0.05, 0.1) is 0 Å². The van der Waals surface area contributed by atoms with E-state index in [0.717, 1.165) is 0 Å². The molecule has 4 heteroatoms. The molecule has 2 nitrogen and oxygen atoms in total. The van der Waals surface area contributed by atoms with E-state index in [1.807, 2.05) is 0 Å². The fraction of sp³-hybridized carbons (Fsp3) is 0.137. The summed E-state index contributed by atoms with van der Waals surface area (Å²) in [7, 11) is -2.81. The summed E-state index contributed by atoms with van der Waals surface area (Å²) in [6.45, 7) is 12.0. The summed E-state index contributed by atoms with van der Waals surface area (Å²) in [5.74, 6) is 0. The zero-order valence-corrected chi connectivity index (χ0v) is 33.0. The van der Waals surface area contributed by atoms with Crippen LogP contribution in [0.4, 0.5) is 17.1 Å². The summed E-state index contributed by atoms with van der Waals surface area (Å²) < 4.78 is 2.79. The molecule has 0 saturated carbocycles. The van der Waals surface area contributed by atoms with E-state index in [4.69, 9.17) is 0 Å². The first-order chi connectivity index (χ1) is 26.7. The third-order valence-corrected chi connectivity index (χ3v) is 18.4. The van der Waals surface area contributed by atoms with Gasteiger partial charge in [0.25, 0.3) is 0 Å². The Morgan fingerprint density at radius 1 is 0.582 bits per heavy atom. The van der Waals surface area contributed by atoms with Crippen molar-refractivity contribution in [1.29, 1.82) is 0 Å². The second kappa shape index (κ2) is 10.5. The molecule has 0 unspecified atom stereocenters. The quantitative estimate of drug-likeness (QED) is 0.163. The van der Waals surface area contributed by atoms with E-state index in [9.17, 15) is 0 Å². The lowest BCUT2D eigenvalue weighted by atomic mass is 9.44. The Balaban J connectivity index is 1.30. The molecule has 0 N–H and O–H groups in total. The molecule has 0 radical (unpaired) electrons. The number of hydrogen-bond donors (Lipinski definition) is 0. The van der Waals surface area contributed by atoms with E-state index < -0.39 is 8.07 Å². The van der Waals surface area contributed by atoms with Crippen LogP contribution in [0.15, 0.2) is 158 Å². The van der Waals surface area contributed by atoms with Crippen LogP contribution in [-0.2, 0) is 10.8 Å². The maximum atomic E-state index is 2.79. The molecule has 4 aliphatic rings. The summed E-state index contributed by atoms with van der Waals surface area (Å²) in [6, 6.07) is 61.0. The van der Waals surface area contributed by atoms with Crippen molar-refractivity contribution >= 4 is 74.6 Å². The molecular formula is C51H41BN2Si. The van der Waals surface area contributed by atoms with Crippen LogP contribution in [0, 0.1) is 0 Å². The van der Waals surface area contributed by atoms with Crippen molar-refractivity contribution in [3.63, 3.8) is 0 Å². The number of anilines is 3. The molecule has 8 aromatic rings. The zero-order valence-electron chi connectivity index (χ0n) is 32.0. The van der Waals surface area contributed by atoms with Crippen LogP contribution in [0.25, 0.3) is 33.3 Å². The van der Waals surface area contributed by atoms with Gasteiger partial charge in [-0.05, 0) is 71.5 Å². The highest BCUT2D eigenvalue weighted by atomic mass is 28.3. The van der Waals surface area contributed by atoms with Crippen molar-refractivity contribution < 1.29 is 0 Å². The molecule has 0 spiro atoms. The number of fused-ring (bicyclic) bond motifs is 11. The third-order valence-electron chi connectivity index (χ3n) is 13.5. The Bertz CT molecular complexity index is 2910. The summed E-state index contributed by atoms with van der Waals surface area (Å²) in [5, 5.41) is 7.14. The van der Waals surface area contributed by atoms with E-state index in [1.54, 1.807) is 0 Å². The highest BCUT2D eigenvalue weighted by Gasteiger charge is 2.54. The van der Waals surface area contributed by atoms with Crippen LogP contribution in [0.1, 0.15) is 51.3 Å². The van der Waals surface area contributed by atoms with Crippen molar-refractivity contribution in [2.45, 2.75) is 45.4 Å². The van der Waals surface area contributed by atoms with Crippen molar-refractivity contribution in [2.75, 3.05) is 4.90 Å². The molecule has 12 rings (SSSR count). The average molecular weight is 721 g/mol. The molecule has 0 atom stereocenters. The molecular weight excluding hydrogens is 679 g/mol. The van der Waals surface area contributed by atoms with Gasteiger partial charge < -0.3 is 9.38 Å². The number of para-hydroxylation sites is 3. The molecule has 0 saturated heterocycles. The van der Waals surface area contributed by atoms with Gasteiger partial charge in [-0.2, -0.15) is 0 Å². The molecule has 7 aromatic carbocycles. The van der Waals surface area contributed by atoms with E-state index in [-0.39, 0.29) is 17.7 Å². The summed E-state index contributed by atoms with van der Waals surface area (Å²) in [4.78, 5) is 2.69.